The van der Waals surface area contributed by atoms with Crippen molar-refractivity contribution in [1.82, 2.24) is 9.80 Å². The van der Waals surface area contributed by atoms with Gasteiger partial charge in [0.15, 0.2) is 11.8 Å². The first-order chi connectivity index (χ1) is 16.9. The normalized spacial score (nSPS) is 14.7. The maximum atomic E-state index is 12.9. The SMILES string of the molecule is CCC(=O)C(C(=O)OC)N(C)C(=O)c1ccc(-c2ccc(OCCCN3CCOCC3)cc2)cc1. The first-order valence-corrected chi connectivity index (χ1v) is 12.0. The van der Waals surface area contributed by atoms with Gasteiger partial charge < -0.3 is 19.1 Å². The van der Waals surface area contributed by atoms with Crippen LogP contribution in [0.4, 0.5) is 0 Å². The Bertz CT molecular complexity index is 968. The molecule has 35 heavy (non-hydrogen) atoms. The molecule has 0 radical (unpaired) electrons. The molecule has 1 amide bonds. The summed E-state index contributed by atoms with van der Waals surface area (Å²) in [5.41, 5.74) is 2.32. The standard InChI is InChI=1S/C27H34N2O6/c1-4-24(30)25(27(32)33-3)28(2)26(31)22-8-6-20(7-9-22)21-10-12-23(13-11-21)35-17-5-14-29-15-18-34-19-16-29/h6-13,25H,4-5,14-19H2,1-3H3. The van der Waals surface area contributed by atoms with E-state index in [0.29, 0.717) is 12.2 Å². The molecule has 8 heteroatoms. The summed E-state index contributed by atoms with van der Waals surface area (Å²) in [6, 6.07) is 13.6. The molecule has 0 saturated carbocycles. The number of nitrogens with zero attached hydrogens (tertiary/aromatic N) is 2. The molecular weight excluding hydrogens is 448 g/mol. The number of hydrogen-bond acceptors (Lipinski definition) is 7. The minimum absolute atomic E-state index is 0.129. The van der Waals surface area contributed by atoms with Crippen molar-refractivity contribution in [2.24, 2.45) is 0 Å². The zero-order chi connectivity index (χ0) is 25.2. The van der Waals surface area contributed by atoms with Crippen molar-refractivity contribution in [2.75, 3.05) is 53.6 Å². The monoisotopic (exact) mass is 482 g/mol. The van der Waals surface area contributed by atoms with E-state index in [0.717, 1.165) is 61.0 Å². The van der Waals surface area contributed by atoms with Gasteiger partial charge in [-0.25, -0.2) is 4.79 Å². The van der Waals surface area contributed by atoms with E-state index in [-0.39, 0.29) is 12.2 Å². The molecule has 1 heterocycles. The van der Waals surface area contributed by atoms with Crippen molar-refractivity contribution in [2.45, 2.75) is 25.8 Å². The maximum Gasteiger partial charge on any atom is 0.336 e. The molecule has 1 saturated heterocycles. The number of amides is 1. The highest BCUT2D eigenvalue weighted by Crippen LogP contribution is 2.23. The Balaban J connectivity index is 1.56. The topological polar surface area (TPSA) is 85.4 Å². The van der Waals surface area contributed by atoms with E-state index in [2.05, 4.69) is 4.90 Å². The van der Waals surface area contributed by atoms with E-state index >= 15 is 0 Å². The third-order valence-corrected chi connectivity index (χ3v) is 6.10. The minimum Gasteiger partial charge on any atom is -0.494 e. The van der Waals surface area contributed by atoms with Crippen LogP contribution in [0.5, 0.6) is 5.75 Å². The molecule has 3 rings (SSSR count). The number of methoxy groups -OCH3 is 1. The lowest BCUT2D eigenvalue weighted by molar-refractivity contribution is -0.149. The van der Waals surface area contributed by atoms with Crippen molar-refractivity contribution in [3.63, 3.8) is 0 Å². The van der Waals surface area contributed by atoms with Gasteiger partial charge in [-0.2, -0.15) is 0 Å². The highest BCUT2D eigenvalue weighted by atomic mass is 16.5. The lowest BCUT2D eigenvalue weighted by Gasteiger charge is -2.26. The fraction of sp³-hybridized carbons (Fsp3) is 0.444. The van der Waals surface area contributed by atoms with Gasteiger partial charge in [0.1, 0.15) is 5.75 Å². The number of benzene rings is 2. The van der Waals surface area contributed by atoms with Gasteiger partial charge in [-0.15, -0.1) is 0 Å². The lowest BCUT2D eigenvalue weighted by atomic mass is 10.0. The molecule has 0 aromatic heterocycles. The number of ether oxygens (including phenoxy) is 3. The number of Topliss-reactive ketones (excluding diaryl/α,β-unsaturated/α-hetero) is 1. The number of likely N-dealkylation sites (N-methyl/N-ethyl adjacent to an activating group) is 1. The molecule has 1 aliphatic rings. The Labute approximate surface area is 206 Å². The molecule has 1 aliphatic heterocycles. The number of morpholine rings is 1. The van der Waals surface area contributed by atoms with E-state index in [1.165, 1.54) is 14.2 Å². The smallest absolute Gasteiger partial charge is 0.336 e. The zero-order valence-corrected chi connectivity index (χ0v) is 20.7. The fourth-order valence-electron chi connectivity index (χ4n) is 3.98. The number of rotatable bonds is 11. The number of ketones is 1. The average Bonchev–Trinajstić information content (AvgIpc) is 2.91. The summed E-state index contributed by atoms with van der Waals surface area (Å²) in [5.74, 6) is -0.714. The Kier molecular flexibility index (Phi) is 9.81. The minimum atomic E-state index is -1.25. The Morgan fingerprint density at radius 3 is 2.17 bits per heavy atom. The average molecular weight is 483 g/mol. The highest BCUT2D eigenvalue weighted by molar-refractivity contribution is 6.08. The summed E-state index contributed by atoms with van der Waals surface area (Å²) in [6.45, 7) is 6.90. The molecule has 1 unspecified atom stereocenters. The predicted molar refractivity (Wildman–Crippen MR) is 132 cm³/mol. The third-order valence-electron chi connectivity index (χ3n) is 6.10. The fourth-order valence-corrected chi connectivity index (χ4v) is 3.98. The first kappa shape index (κ1) is 26.4. The van der Waals surface area contributed by atoms with Gasteiger partial charge in [0.05, 0.1) is 26.9 Å². The third kappa shape index (κ3) is 7.13. The van der Waals surface area contributed by atoms with Crippen LogP contribution in [0.25, 0.3) is 11.1 Å². The second kappa shape index (κ2) is 13.0. The van der Waals surface area contributed by atoms with Gasteiger partial charge in [0.25, 0.3) is 5.91 Å². The maximum absolute atomic E-state index is 12.9. The summed E-state index contributed by atoms with van der Waals surface area (Å²) in [6.07, 6.45) is 1.09. The summed E-state index contributed by atoms with van der Waals surface area (Å²) < 4.78 is 16.0. The van der Waals surface area contributed by atoms with Crippen LogP contribution in [-0.4, -0.2) is 87.1 Å². The summed E-state index contributed by atoms with van der Waals surface area (Å²) in [7, 11) is 2.64. The van der Waals surface area contributed by atoms with Crippen LogP contribution in [0.2, 0.25) is 0 Å². The van der Waals surface area contributed by atoms with Crippen molar-refractivity contribution in [3.8, 4) is 16.9 Å². The quantitative estimate of drug-likeness (QED) is 0.276. The summed E-state index contributed by atoms with van der Waals surface area (Å²) >= 11 is 0. The van der Waals surface area contributed by atoms with E-state index in [4.69, 9.17) is 14.2 Å². The number of hydrogen-bond donors (Lipinski definition) is 0. The van der Waals surface area contributed by atoms with Gasteiger partial charge in [0.2, 0.25) is 0 Å². The van der Waals surface area contributed by atoms with Crippen LogP contribution < -0.4 is 4.74 Å². The molecule has 0 spiro atoms. The molecule has 188 valence electrons. The molecule has 0 aliphatic carbocycles. The molecule has 0 N–H and O–H groups in total. The van der Waals surface area contributed by atoms with Crippen LogP contribution >= 0.6 is 0 Å². The van der Waals surface area contributed by atoms with Crippen molar-refractivity contribution in [1.29, 1.82) is 0 Å². The second-order valence-electron chi connectivity index (χ2n) is 8.42. The van der Waals surface area contributed by atoms with Crippen LogP contribution in [0.1, 0.15) is 30.1 Å². The Morgan fingerprint density at radius 1 is 1.00 bits per heavy atom. The van der Waals surface area contributed by atoms with Gasteiger partial charge in [0, 0.05) is 38.7 Å². The van der Waals surface area contributed by atoms with E-state index in [1.807, 2.05) is 36.4 Å². The highest BCUT2D eigenvalue weighted by Gasteiger charge is 2.33. The van der Waals surface area contributed by atoms with E-state index < -0.39 is 17.9 Å². The van der Waals surface area contributed by atoms with Crippen molar-refractivity contribution in [3.05, 3.63) is 54.1 Å². The van der Waals surface area contributed by atoms with Gasteiger partial charge in [-0.05, 0) is 41.8 Å². The van der Waals surface area contributed by atoms with Crippen LogP contribution in [0, 0.1) is 0 Å². The molecule has 8 nitrogen and oxygen atoms in total. The molecule has 1 atom stereocenters. The molecule has 2 aromatic carbocycles. The number of esters is 1. The Hall–Kier alpha value is -3.23. The predicted octanol–water partition coefficient (Wildman–Crippen LogP) is 3.05. The second-order valence-corrected chi connectivity index (χ2v) is 8.42. The van der Waals surface area contributed by atoms with E-state index in [1.54, 1.807) is 19.1 Å². The molecule has 2 aromatic rings. The van der Waals surface area contributed by atoms with Crippen LogP contribution in [-0.2, 0) is 19.1 Å². The summed E-state index contributed by atoms with van der Waals surface area (Å²) in [5, 5.41) is 0. The summed E-state index contributed by atoms with van der Waals surface area (Å²) in [4.78, 5) is 40.7. The zero-order valence-electron chi connectivity index (χ0n) is 20.7. The van der Waals surface area contributed by atoms with Crippen LogP contribution in [0.3, 0.4) is 0 Å². The largest absolute Gasteiger partial charge is 0.494 e. The van der Waals surface area contributed by atoms with Gasteiger partial charge in [-0.3, -0.25) is 14.5 Å². The van der Waals surface area contributed by atoms with Crippen LogP contribution in [0.15, 0.2) is 48.5 Å². The van der Waals surface area contributed by atoms with Gasteiger partial charge in [-0.1, -0.05) is 31.2 Å². The number of carbonyl (C=O) groups is 3. The van der Waals surface area contributed by atoms with Crippen molar-refractivity contribution >= 4 is 17.7 Å². The van der Waals surface area contributed by atoms with Gasteiger partial charge >= 0.3 is 5.97 Å². The Morgan fingerprint density at radius 2 is 1.60 bits per heavy atom. The molecule has 1 fully saturated rings. The molecule has 0 bridgehead atoms. The van der Waals surface area contributed by atoms with E-state index in [9.17, 15) is 14.4 Å². The molecular formula is C27H34N2O6. The first-order valence-electron chi connectivity index (χ1n) is 12.0. The lowest BCUT2D eigenvalue weighted by Crippen LogP contribution is -2.48. The number of carbonyl (C=O) groups excluding carboxylic acids is 3. The van der Waals surface area contributed by atoms with Crippen molar-refractivity contribution < 1.29 is 28.6 Å².